The van der Waals surface area contributed by atoms with Crippen LogP contribution in [0.3, 0.4) is 0 Å². The third kappa shape index (κ3) is 2.29. The quantitative estimate of drug-likeness (QED) is 0.824. The number of ketones is 1. The number of Topliss-reactive ketones (excluding diaryl/α,β-unsaturated/α-hetero) is 1. The number of nitriles is 1. The summed E-state index contributed by atoms with van der Waals surface area (Å²) in [4.78, 5) is 23.7. The second-order valence-corrected chi connectivity index (χ2v) is 5.03. The lowest BCUT2D eigenvalue weighted by atomic mass is 9.85. The van der Waals surface area contributed by atoms with Crippen LogP contribution in [0.25, 0.3) is 0 Å². The van der Waals surface area contributed by atoms with E-state index in [1.165, 1.54) is 0 Å². The number of carbonyl (C=O) groups is 2. The maximum Gasteiger partial charge on any atom is 0.265 e. The number of fused-ring (bicyclic) bond motifs is 1. The average Bonchev–Trinajstić information content (AvgIpc) is 2.38. The summed E-state index contributed by atoms with van der Waals surface area (Å²) in [6.45, 7) is 4.77. The molecule has 1 N–H and O–H groups in total. The molecule has 5 heteroatoms. The van der Waals surface area contributed by atoms with E-state index in [1.54, 1.807) is 39.0 Å². The number of benzene rings is 1. The number of carbonyl (C=O) groups excluding carboxylic acids is 2. The molecule has 1 aliphatic rings. The van der Waals surface area contributed by atoms with Crippen LogP contribution in [0, 0.1) is 16.7 Å². The normalized spacial score (nSPS) is 17.8. The van der Waals surface area contributed by atoms with Gasteiger partial charge in [-0.2, -0.15) is 5.26 Å². The van der Waals surface area contributed by atoms with E-state index in [9.17, 15) is 9.59 Å². The van der Waals surface area contributed by atoms with Crippen molar-refractivity contribution in [2.45, 2.75) is 26.9 Å². The fraction of sp³-hybridized carbons (Fsp3) is 0.357. The van der Waals surface area contributed by atoms with Gasteiger partial charge in [0, 0.05) is 5.56 Å². The van der Waals surface area contributed by atoms with Crippen molar-refractivity contribution in [2.75, 3.05) is 5.32 Å². The van der Waals surface area contributed by atoms with Crippen molar-refractivity contribution in [3.05, 3.63) is 23.8 Å². The van der Waals surface area contributed by atoms with E-state index >= 15 is 0 Å². The highest BCUT2D eigenvalue weighted by Crippen LogP contribution is 2.32. The molecule has 0 fully saturated rings. The Labute approximate surface area is 111 Å². The van der Waals surface area contributed by atoms with E-state index in [0.717, 1.165) is 0 Å². The topological polar surface area (TPSA) is 79.2 Å². The zero-order chi connectivity index (χ0) is 14.2. The smallest absolute Gasteiger partial charge is 0.265 e. The van der Waals surface area contributed by atoms with Crippen molar-refractivity contribution in [3.8, 4) is 11.8 Å². The fourth-order valence-electron chi connectivity index (χ4n) is 1.76. The van der Waals surface area contributed by atoms with Gasteiger partial charge in [0.15, 0.2) is 11.9 Å². The van der Waals surface area contributed by atoms with Gasteiger partial charge in [-0.15, -0.1) is 0 Å². The minimum atomic E-state index is -1.10. The molecule has 0 aromatic heterocycles. The first-order chi connectivity index (χ1) is 8.85. The van der Waals surface area contributed by atoms with Crippen molar-refractivity contribution in [3.63, 3.8) is 0 Å². The molecule has 1 heterocycles. The van der Waals surface area contributed by atoms with Crippen LogP contribution in [-0.2, 0) is 4.79 Å². The van der Waals surface area contributed by atoms with Gasteiger partial charge in [-0.1, -0.05) is 0 Å². The summed E-state index contributed by atoms with van der Waals surface area (Å²) in [5.41, 5.74) is -0.257. The van der Waals surface area contributed by atoms with Crippen LogP contribution in [-0.4, -0.2) is 17.8 Å². The maximum absolute atomic E-state index is 12.2. The van der Waals surface area contributed by atoms with Crippen molar-refractivity contribution in [1.29, 1.82) is 5.26 Å². The zero-order valence-corrected chi connectivity index (χ0v) is 11.0. The molecule has 0 radical (unpaired) electrons. The summed E-state index contributed by atoms with van der Waals surface area (Å²) in [5.74, 6) is -0.0132. The van der Waals surface area contributed by atoms with Gasteiger partial charge in [0.2, 0.25) is 0 Å². The minimum Gasteiger partial charge on any atom is -0.479 e. The Morgan fingerprint density at radius 2 is 2.16 bits per heavy atom. The molecule has 5 nitrogen and oxygen atoms in total. The number of rotatable bonds is 2. The third-order valence-corrected chi connectivity index (χ3v) is 3.02. The highest BCUT2D eigenvalue weighted by atomic mass is 16.5. The second kappa shape index (κ2) is 4.39. The van der Waals surface area contributed by atoms with Crippen LogP contribution in [0.1, 0.15) is 31.1 Å². The van der Waals surface area contributed by atoms with Crippen molar-refractivity contribution < 1.29 is 14.3 Å². The lowest BCUT2D eigenvalue weighted by Gasteiger charge is -2.24. The largest absolute Gasteiger partial charge is 0.479 e. The molecule has 0 spiro atoms. The Kier molecular flexibility index (Phi) is 3.03. The maximum atomic E-state index is 12.2. The van der Waals surface area contributed by atoms with E-state index in [1.807, 2.05) is 6.07 Å². The molecule has 2 rings (SSSR count). The number of nitrogens with one attached hydrogen (secondary N) is 1. The van der Waals surface area contributed by atoms with E-state index in [0.29, 0.717) is 17.0 Å². The summed E-state index contributed by atoms with van der Waals surface area (Å²) < 4.78 is 5.40. The Balaban J connectivity index is 2.38. The minimum absolute atomic E-state index is 0.253. The highest BCUT2D eigenvalue weighted by Gasteiger charge is 2.30. The summed E-state index contributed by atoms with van der Waals surface area (Å²) in [6.07, 6.45) is -0.551. The molecule has 0 aliphatic carbocycles. The Morgan fingerprint density at radius 3 is 2.79 bits per heavy atom. The number of hydrogen-bond acceptors (Lipinski definition) is 4. The average molecular weight is 258 g/mol. The van der Waals surface area contributed by atoms with Crippen LogP contribution in [0.4, 0.5) is 5.69 Å². The number of hydrogen-bond donors (Lipinski definition) is 1. The first-order valence-corrected chi connectivity index (χ1v) is 5.93. The van der Waals surface area contributed by atoms with E-state index in [-0.39, 0.29) is 11.7 Å². The van der Waals surface area contributed by atoms with Gasteiger partial charge < -0.3 is 10.1 Å². The molecule has 1 atom stereocenters. The summed E-state index contributed by atoms with van der Waals surface area (Å²) in [7, 11) is 0. The van der Waals surface area contributed by atoms with Gasteiger partial charge in [-0.05, 0) is 39.0 Å². The Bertz CT molecular complexity index is 599. The second-order valence-electron chi connectivity index (χ2n) is 5.03. The van der Waals surface area contributed by atoms with Gasteiger partial charge in [-0.3, -0.25) is 9.59 Å². The van der Waals surface area contributed by atoms with E-state index < -0.39 is 11.5 Å². The van der Waals surface area contributed by atoms with Gasteiger partial charge in [-0.25, -0.2) is 0 Å². The SMILES string of the molecule is CC1Oc2ccc(C(=O)C(C)(C)C#N)cc2NC1=O. The molecule has 0 bridgehead atoms. The molecule has 1 aliphatic heterocycles. The first kappa shape index (κ1) is 13.1. The molecule has 1 aromatic carbocycles. The number of amides is 1. The summed E-state index contributed by atoms with van der Waals surface area (Å²) in [6, 6.07) is 6.74. The van der Waals surface area contributed by atoms with Gasteiger partial charge >= 0.3 is 0 Å². The molecule has 98 valence electrons. The first-order valence-electron chi connectivity index (χ1n) is 5.93. The van der Waals surface area contributed by atoms with E-state index in [2.05, 4.69) is 5.32 Å². The monoisotopic (exact) mass is 258 g/mol. The number of anilines is 1. The summed E-state index contributed by atoms with van der Waals surface area (Å²) >= 11 is 0. The molecule has 1 aromatic rings. The molecular weight excluding hydrogens is 244 g/mol. The third-order valence-electron chi connectivity index (χ3n) is 3.02. The van der Waals surface area contributed by atoms with Crippen molar-refractivity contribution >= 4 is 17.4 Å². The van der Waals surface area contributed by atoms with Crippen LogP contribution < -0.4 is 10.1 Å². The lowest BCUT2D eigenvalue weighted by Crippen LogP contribution is -2.34. The van der Waals surface area contributed by atoms with Crippen LogP contribution in [0.2, 0.25) is 0 Å². The Hall–Kier alpha value is -2.35. The molecule has 1 unspecified atom stereocenters. The molecule has 0 saturated heterocycles. The van der Waals surface area contributed by atoms with Crippen molar-refractivity contribution in [1.82, 2.24) is 0 Å². The van der Waals surface area contributed by atoms with E-state index in [4.69, 9.17) is 10.00 Å². The highest BCUT2D eigenvalue weighted by molar-refractivity contribution is 6.04. The van der Waals surface area contributed by atoms with Crippen LogP contribution in [0.15, 0.2) is 18.2 Å². The zero-order valence-electron chi connectivity index (χ0n) is 11.0. The molecule has 0 saturated carbocycles. The van der Waals surface area contributed by atoms with Gasteiger partial charge in [0.05, 0.1) is 11.8 Å². The van der Waals surface area contributed by atoms with Crippen molar-refractivity contribution in [2.24, 2.45) is 5.41 Å². The number of nitrogens with zero attached hydrogens (tertiary/aromatic N) is 1. The fourth-order valence-corrected chi connectivity index (χ4v) is 1.76. The molecule has 19 heavy (non-hydrogen) atoms. The predicted octanol–water partition coefficient (Wildman–Crippen LogP) is 2.14. The predicted molar refractivity (Wildman–Crippen MR) is 68.9 cm³/mol. The van der Waals surface area contributed by atoms with Gasteiger partial charge in [0.25, 0.3) is 5.91 Å². The molecular formula is C14H14N2O3. The van der Waals surface area contributed by atoms with Crippen LogP contribution in [0.5, 0.6) is 5.75 Å². The number of ether oxygens (including phenoxy) is 1. The van der Waals surface area contributed by atoms with Crippen LogP contribution >= 0.6 is 0 Å². The Morgan fingerprint density at radius 1 is 1.47 bits per heavy atom. The summed E-state index contributed by atoms with van der Waals surface area (Å²) in [5, 5.41) is 11.7. The standard InChI is InChI=1S/C14H14N2O3/c1-8-13(18)16-10-6-9(4-5-11(10)19-8)12(17)14(2,3)7-15/h4-6,8H,1-3H3,(H,16,18). The lowest BCUT2D eigenvalue weighted by molar-refractivity contribution is -0.122. The molecule has 1 amide bonds. The van der Waals surface area contributed by atoms with Gasteiger partial charge in [0.1, 0.15) is 11.2 Å².